The van der Waals surface area contributed by atoms with E-state index in [1.165, 1.54) is 19.3 Å². The van der Waals surface area contributed by atoms with Crippen LogP contribution in [-0.2, 0) is 10.2 Å². The van der Waals surface area contributed by atoms with Crippen LogP contribution in [0.25, 0.3) is 0 Å². The van der Waals surface area contributed by atoms with Crippen LogP contribution < -0.4 is 5.32 Å². The van der Waals surface area contributed by atoms with Crippen LogP contribution in [0, 0.1) is 5.92 Å². The van der Waals surface area contributed by atoms with Crippen molar-refractivity contribution in [3.8, 4) is 0 Å². The molecule has 19 heavy (non-hydrogen) atoms. The summed E-state index contributed by atoms with van der Waals surface area (Å²) in [5.41, 5.74) is 0. The van der Waals surface area contributed by atoms with Gasteiger partial charge in [0.25, 0.3) is 10.2 Å². The van der Waals surface area contributed by atoms with E-state index in [1.807, 2.05) is 0 Å². The Hall–Kier alpha value is -0.170. The van der Waals surface area contributed by atoms with Gasteiger partial charge in [0.15, 0.2) is 0 Å². The lowest BCUT2D eigenvalue weighted by atomic mass is 9.85. The molecule has 0 radical (unpaired) electrons. The minimum absolute atomic E-state index is 0.197. The molecule has 0 aromatic carbocycles. The number of hydrogen-bond acceptors (Lipinski definition) is 3. The van der Waals surface area contributed by atoms with E-state index in [-0.39, 0.29) is 6.04 Å². The SMILES string of the molecule is CCC1CCC(N(C)S(=O)(=O)N2CCNCC2)CC1. The van der Waals surface area contributed by atoms with Crippen molar-refractivity contribution in [3.63, 3.8) is 0 Å². The van der Waals surface area contributed by atoms with Crippen LogP contribution in [0.2, 0.25) is 0 Å². The van der Waals surface area contributed by atoms with Crippen molar-refractivity contribution < 1.29 is 8.42 Å². The lowest BCUT2D eigenvalue weighted by molar-refractivity contribution is 0.218. The fraction of sp³-hybridized carbons (Fsp3) is 1.00. The Balaban J connectivity index is 1.96. The second kappa shape index (κ2) is 6.52. The molecule has 0 bridgehead atoms. The number of piperazine rings is 1. The first-order valence-electron chi connectivity index (χ1n) is 7.49. The van der Waals surface area contributed by atoms with Crippen LogP contribution in [-0.4, -0.2) is 56.3 Å². The van der Waals surface area contributed by atoms with Gasteiger partial charge < -0.3 is 5.32 Å². The topological polar surface area (TPSA) is 52.7 Å². The Morgan fingerprint density at radius 2 is 1.74 bits per heavy atom. The Morgan fingerprint density at radius 1 is 1.16 bits per heavy atom. The normalized spacial score (nSPS) is 30.7. The third kappa shape index (κ3) is 3.48. The third-order valence-corrected chi connectivity index (χ3v) is 6.72. The molecular weight excluding hydrogens is 262 g/mol. The van der Waals surface area contributed by atoms with Crippen molar-refractivity contribution in [2.75, 3.05) is 33.2 Å². The highest BCUT2D eigenvalue weighted by Crippen LogP contribution is 2.30. The van der Waals surface area contributed by atoms with E-state index in [0.29, 0.717) is 13.1 Å². The van der Waals surface area contributed by atoms with E-state index in [1.54, 1.807) is 15.7 Å². The lowest BCUT2D eigenvalue weighted by Crippen LogP contribution is -2.53. The lowest BCUT2D eigenvalue weighted by Gasteiger charge is -2.37. The summed E-state index contributed by atoms with van der Waals surface area (Å²) in [6.07, 6.45) is 5.59. The summed E-state index contributed by atoms with van der Waals surface area (Å²) >= 11 is 0. The summed E-state index contributed by atoms with van der Waals surface area (Å²) in [5, 5.41) is 3.19. The maximum atomic E-state index is 12.6. The second-order valence-corrected chi connectivity index (χ2v) is 7.74. The molecule has 0 aromatic heterocycles. The molecule has 5 nitrogen and oxygen atoms in total. The summed E-state index contributed by atoms with van der Waals surface area (Å²) in [6, 6.07) is 0.197. The van der Waals surface area contributed by atoms with Gasteiger partial charge in [-0.1, -0.05) is 13.3 Å². The Labute approximate surface area is 117 Å². The van der Waals surface area contributed by atoms with E-state index >= 15 is 0 Å². The minimum Gasteiger partial charge on any atom is -0.314 e. The van der Waals surface area contributed by atoms with Crippen molar-refractivity contribution in [2.45, 2.75) is 45.1 Å². The fourth-order valence-corrected chi connectivity index (χ4v) is 4.76. The monoisotopic (exact) mass is 289 g/mol. The summed E-state index contributed by atoms with van der Waals surface area (Å²) in [5.74, 6) is 0.798. The molecule has 1 heterocycles. The molecule has 2 rings (SSSR count). The van der Waals surface area contributed by atoms with Gasteiger partial charge in [0, 0.05) is 39.3 Å². The molecule has 1 N–H and O–H groups in total. The molecule has 1 aliphatic carbocycles. The standard InChI is InChI=1S/C13H27N3O2S/c1-3-12-4-6-13(7-5-12)15(2)19(17,18)16-10-8-14-9-11-16/h12-14H,3-11H2,1-2H3. The number of hydrogen-bond donors (Lipinski definition) is 1. The van der Waals surface area contributed by atoms with Crippen LogP contribution in [0.3, 0.4) is 0 Å². The van der Waals surface area contributed by atoms with Gasteiger partial charge in [-0.05, 0) is 31.6 Å². The highest BCUT2D eigenvalue weighted by atomic mass is 32.2. The van der Waals surface area contributed by atoms with Crippen LogP contribution >= 0.6 is 0 Å². The number of nitrogens with one attached hydrogen (secondary N) is 1. The van der Waals surface area contributed by atoms with Crippen molar-refractivity contribution >= 4 is 10.2 Å². The van der Waals surface area contributed by atoms with Crippen molar-refractivity contribution in [1.82, 2.24) is 13.9 Å². The molecule has 0 spiro atoms. The average molecular weight is 289 g/mol. The van der Waals surface area contributed by atoms with E-state index in [0.717, 1.165) is 31.8 Å². The molecule has 1 saturated carbocycles. The largest absolute Gasteiger partial charge is 0.314 e. The summed E-state index contributed by atoms with van der Waals surface area (Å²) in [7, 11) is -1.50. The smallest absolute Gasteiger partial charge is 0.282 e. The predicted octanol–water partition coefficient (Wildman–Crippen LogP) is 1.04. The Bertz CT molecular complexity index is 371. The molecule has 1 aliphatic heterocycles. The first kappa shape index (κ1) is 15.2. The zero-order valence-electron chi connectivity index (χ0n) is 12.1. The quantitative estimate of drug-likeness (QED) is 0.841. The zero-order chi connectivity index (χ0) is 13.9. The third-order valence-electron chi connectivity index (χ3n) is 4.67. The van der Waals surface area contributed by atoms with Gasteiger partial charge in [-0.15, -0.1) is 0 Å². The zero-order valence-corrected chi connectivity index (χ0v) is 13.0. The van der Waals surface area contributed by atoms with Crippen LogP contribution in [0.1, 0.15) is 39.0 Å². The predicted molar refractivity (Wildman–Crippen MR) is 77.2 cm³/mol. The molecule has 0 unspecified atom stereocenters. The molecule has 0 aromatic rings. The fourth-order valence-electron chi connectivity index (χ4n) is 3.16. The molecule has 0 atom stereocenters. The van der Waals surface area contributed by atoms with Gasteiger partial charge >= 0.3 is 0 Å². The first-order chi connectivity index (χ1) is 9.05. The minimum atomic E-state index is -3.26. The first-order valence-corrected chi connectivity index (χ1v) is 8.89. The van der Waals surface area contributed by atoms with E-state index in [9.17, 15) is 8.42 Å². The van der Waals surface area contributed by atoms with Gasteiger partial charge in [0.2, 0.25) is 0 Å². The molecule has 2 fully saturated rings. The molecule has 112 valence electrons. The van der Waals surface area contributed by atoms with Crippen molar-refractivity contribution in [1.29, 1.82) is 0 Å². The van der Waals surface area contributed by atoms with Crippen LogP contribution in [0.15, 0.2) is 0 Å². The van der Waals surface area contributed by atoms with E-state index in [4.69, 9.17) is 0 Å². The maximum absolute atomic E-state index is 12.6. The highest BCUT2D eigenvalue weighted by Gasteiger charge is 2.34. The van der Waals surface area contributed by atoms with Crippen molar-refractivity contribution in [3.05, 3.63) is 0 Å². The van der Waals surface area contributed by atoms with Crippen LogP contribution in [0.5, 0.6) is 0 Å². The summed E-state index contributed by atoms with van der Waals surface area (Å²) < 4.78 is 28.4. The van der Waals surface area contributed by atoms with Gasteiger partial charge in [0.1, 0.15) is 0 Å². The Kier molecular flexibility index (Phi) is 5.22. The molecule has 1 saturated heterocycles. The Morgan fingerprint density at radius 3 is 2.26 bits per heavy atom. The molecule has 2 aliphatic rings. The van der Waals surface area contributed by atoms with Crippen molar-refractivity contribution in [2.24, 2.45) is 5.92 Å². The average Bonchev–Trinajstić information content (AvgIpc) is 2.47. The molecular formula is C13H27N3O2S. The molecule has 6 heteroatoms. The van der Waals surface area contributed by atoms with Gasteiger partial charge in [-0.2, -0.15) is 17.0 Å². The van der Waals surface area contributed by atoms with Gasteiger partial charge in [-0.25, -0.2) is 0 Å². The number of nitrogens with zero attached hydrogens (tertiary/aromatic N) is 2. The number of rotatable bonds is 4. The van der Waals surface area contributed by atoms with Gasteiger partial charge in [-0.3, -0.25) is 0 Å². The highest BCUT2D eigenvalue weighted by molar-refractivity contribution is 7.86. The summed E-state index contributed by atoms with van der Waals surface area (Å²) in [4.78, 5) is 0. The van der Waals surface area contributed by atoms with E-state index < -0.39 is 10.2 Å². The summed E-state index contributed by atoms with van der Waals surface area (Å²) in [6.45, 7) is 4.94. The van der Waals surface area contributed by atoms with E-state index in [2.05, 4.69) is 12.2 Å². The van der Waals surface area contributed by atoms with Crippen LogP contribution in [0.4, 0.5) is 0 Å². The molecule has 0 amide bonds. The van der Waals surface area contributed by atoms with Gasteiger partial charge in [0.05, 0.1) is 0 Å². The second-order valence-electron chi connectivity index (χ2n) is 5.76. The maximum Gasteiger partial charge on any atom is 0.282 e.